The van der Waals surface area contributed by atoms with Crippen LogP contribution in [0.2, 0.25) is 0 Å². The van der Waals surface area contributed by atoms with E-state index in [-0.39, 0.29) is 40.9 Å². The van der Waals surface area contributed by atoms with Crippen LogP contribution in [0, 0.1) is 13.8 Å². The van der Waals surface area contributed by atoms with Gasteiger partial charge in [-0.15, -0.1) is 0 Å². The highest BCUT2D eigenvalue weighted by molar-refractivity contribution is 8.14. The van der Waals surface area contributed by atoms with E-state index < -0.39 is 0 Å². The topological polar surface area (TPSA) is 78.5 Å². The van der Waals surface area contributed by atoms with Gasteiger partial charge < -0.3 is 10.6 Å². The van der Waals surface area contributed by atoms with Crippen molar-refractivity contribution in [2.24, 2.45) is 0 Å². The highest BCUT2D eigenvalue weighted by Gasteiger charge is 2.29. The Morgan fingerprint density at radius 2 is 2.09 bits per heavy atom. The lowest BCUT2D eigenvalue weighted by Crippen LogP contribution is -2.38. The Kier molecular flexibility index (Phi) is 5.73. The second-order valence-electron chi connectivity index (χ2n) is 5.17. The van der Waals surface area contributed by atoms with Crippen molar-refractivity contribution < 1.29 is 14.4 Å². The normalized spacial score (nSPS) is 14.1. The molecule has 1 saturated heterocycles. The van der Waals surface area contributed by atoms with Crippen LogP contribution < -0.4 is 10.6 Å². The molecule has 1 heterocycles. The Labute approximate surface area is 144 Å². The van der Waals surface area contributed by atoms with Crippen LogP contribution in [0.15, 0.2) is 18.2 Å². The third-order valence-corrected chi connectivity index (χ3v) is 4.35. The number of thioether (sulfide) groups is 1. The van der Waals surface area contributed by atoms with Gasteiger partial charge in [0.05, 0.1) is 5.75 Å². The van der Waals surface area contributed by atoms with Crippen molar-refractivity contribution in [1.82, 2.24) is 10.2 Å². The van der Waals surface area contributed by atoms with Gasteiger partial charge in [-0.2, -0.15) is 0 Å². The average molecular weight is 351 g/mol. The summed E-state index contributed by atoms with van der Waals surface area (Å²) in [5, 5.41) is 5.39. The van der Waals surface area contributed by atoms with E-state index in [0.29, 0.717) is 0 Å². The summed E-state index contributed by atoms with van der Waals surface area (Å²) in [7, 11) is 0. The van der Waals surface area contributed by atoms with Crippen molar-refractivity contribution in [3.05, 3.63) is 29.3 Å². The smallest absolute Gasteiger partial charge is 0.288 e. The van der Waals surface area contributed by atoms with Crippen molar-refractivity contribution >= 4 is 51.8 Å². The molecule has 1 aliphatic heterocycles. The molecule has 1 aromatic rings. The van der Waals surface area contributed by atoms with E-state index in [4.69, 9.17) is 12.2 Å². The first-order valence-corrected chi connectivity index (χ1v) is 8.41. The third kappa shape index (κ3) is 4.77. The van der Waals surface area contributed by atoms with Gasteiger partial charge in [0.25, 0.3) is 5.24 Å². The van der Waals surface area contributed by atoms with Crippen LogP contribution in [-0.4, -0.2) is 39.4 Å². The number of hydrogen-bond donors (Lipinski definition) is 2. The van der Waals surface area contributed by atoms with Crippen molar-refractivity contribution in [3.8, 4) is 0 Å². The zero-order chi connectivity index (χ0) is 17.0. The lowest BCUT2D eigenvalue weighted by atomic mass is 10.1. The zero-order valence-corrected chi connectivity index (χ0v) is 14.5. The summed E-state index contributed by atoms with van der Waals surface area (Å²) in [5.41, 5.74) is 2.98. The number of rotatable bonds is 4. The maximum atomic E-state index is 11.9. The van der Waals surface area contributed by atoms with Gasteiger partial charge in [-0.25, -0.2) is 0 Å². The number of nitrogens with zero attached hydrogens (tertiary/aromatic N) is 1. The molecule has 122 valence electrons. The van der Waals surface area contributed by atoms with Crippen LogP contribution >= 0.6 is 24.0 Å². The average Bonchev–Trinajstić information content (AvgIpc) is 2.79. The van der Waals surface area contributed by atoms with E-state index in [1.807, 2.05) is 32.0 Å². The molecule has 3 amide bonds. The first-order chi connectivity index (χ1) is 10.9. The van der Waals surface area contributed by atoms with Crippen LogP contribution in [0.1, 0.15) is 17.5 Å². The van der Waals surface area contributed by atoms with Crippen LogP contribution in [0.3, 0.4) is 0 Å². The van der Waals surface area contributed by atoms with Crippen molar-refractivity contribution in [3.63, 3.8) is 0 Å². The van der Waals surface area contributed by atoms with Gasteiger partial charge in [-0.05, 0) is 37.7 Å². The number of carbonyl (C=O) groups excluding carboxylic acids is 3. The quantitative estimate of drug-likeness (QED) is 0.810. The third-order valence-electron chi connectivity index (χ3n) is 3.29. The summed E-state index contributed by atoms with van der Waals surface area (Å²) in [6, 6.07) is 5.85. The summed E-state index contributed by atoms with van der Waals surface area (Å²) < 4.78 is 0. The van der Waals surface area contributed by atoms with Crippen LogP contribution in [0.4, 0.5) is 10.5 Å². The number of hydrogen-bond acceptors (Lipinski definition) is 5. The Balaban J connectivity index is 1.81. The Hall–Kier alpha value is -1.93. The molecule has 23 heavy (non-hydrogen) atoms. The molecule has 0 unspecified atom stereocenters. The number of imide groups is 1. The van der Waals surface area contributed by atoms with E-state index in [0.717, 1.165) is 33.5 Å². The number of carbonyl (C=O) groups is 3. The summed E-state index contributed by atoms with van der Waals surface area (Å²) >= 11 is 6.06. The Bertz CT molecular complexity index is 660. The fourth-order valence-electron chi connectivity index (χ4n) is 2.11. The van der Waals surface area contributed by atoms with Crippen LogP contribution in [0.5, 0.6) is 0 Å². The van der Waals surface area contributed by atoms with E-state index in [1.54, 1.807) is 0 Å². The molecule has 0 spiro atoms. The molecule has 1 aliphatic rings. The minimum absolute atomic E-state index is 0.0206. The summed E-state index contributed by atoms with van der Waals surface area (Å²) in [5.74, 6) is -0.457. The zero-order valence-electron chi connectivity index (χ0n) is 12.8. The second-order valence-corrected chi connectivity index (χ2v) is 6.51. The molecular formula is C15H17N3O3S2. The molecule has 2 N–H and O–H groups in total. The molecule has 0 aromatic heterocycles. The van der Waals surface area contributed by atoms with Gasteiger partial charge in [0.1, 0.15) is 0 Å². The number of aryl methyl sites for hydroxylation is 2. The first-order valence-electron chi connectivity index (χ1n) is 7.02. The fraction of sp³-hybridized carbons (Fsp3) is 0.333. The monoisotopic (exact) mass is 351 g/mol. The summed E-state index contributed by atoms with van der Waals surface area (Å²) in [6.07, 6.45) is 0.0206. The van der Waals surface area contributed by atoms with E-state index >= 15 is 0 Å². The van der Waals surface area contributed by atoms with Gasteiger partial charge in [0.15, 0.2) is 5.11 Å². The van der Waals surface area contributed by atoms with Gasteiger partial charge in [0, 0.05) is 18.7 Å². The largest absolute Gasteiger partial charge is 0.332 e. The summed E-state index contributed by atoms with van der Waals surface area (Å²) in [6.45, 7) is 4.01. The van der Waals surface area contributed by atoms with E-state index in [1.165, 1.54) is 0 Å². The molecular weight excluding hydrogens is 334 g/mol. The SMILES string of the molecule is Cc1ccc(NC(=S)NC(=O)CCN2C(=O)CSC2=O)c(C)c1. The molecule has 0 saturated carbocycles. The van der Waals surface area contributed by atoms with Crippen molar-refractivity contribution in [2.75, 3.05) is 17.6 Å². The number of anilines is 1. The standard InChI is InChI=1S/C15H17N3O3S2/c1-9-3-4-11(10(2)7-9)16-14(22)17-12(19)5-6-18-13(20)8-23-15(18)21/h3-4,7H,5-6,8H2,1-2H3,(H2,16,17,19,22). The predicted molar refractivity (Wildman–Crippen MR) is 94.5 cm³/mol. The lowest BCUT2D eigenvalue weighted by molar-refractivity contribution is -0.125. The number of nitrogens with one attached hydrogen (secondary N) is 2. The minimum atomic E-state index is -0.343. The molecule has 2 rings (SSSR count). The highest BCUT2D eigenvalue weighted by atomic mass is 32.2. The molecule has 8 heteroatoms. The van der Waals surface area contributed by atoms with Gasteiger partial charge >= 0.3 is 0 Å². The highest BCUT2D eigenvalue weighted by Crippen LogP contribution is 2.18. The molecule has 1 aromatic carbocycles. The molecule has 6 nitrogen and oxygen atoms in total. The number of amides is 3. The first kappa shape index (κ1) is 17.4. The van der Waals surface area contributed by atoms with Crippen molar-refractivity contribution in [1.29, 1.82) is 0 Å². The van der Waals surface area contributed by atoms with Gasteiger partial charge in [-0.1, -0.05) is 29.5 Å². The molecule has 0 aliphatic carbocycles. The molecule has 1 fully saturated rings. The van der Waals surface area contributed by atoms with Crippen LogP contribution in [-0.2, 0) is 9.59 Å². The fourth-order valence-corrected chi connectivity index (χ4v) is 3.08. The Morgan fingerprint density at radius 3 is 2.70 bits per heavy atom. The maximum absolute atomic E-state index is 11.9. The Morgan fingerprint density at radius 1 is 1.35 bits per heavy atom. The van der Waals surface area contributed by atoms with E-state index in [9.17, 15) is 14.4 Å². The van der Waals surface area contributed by atoms with E-state index in [2.05, 4.69) is 10.6 Å². The molecule has 0 bridgehead atoms. The second kappa shape index (κ2) is 7.56. The van der Waals surface area contributed by atoms with Crippen LogP contribution in [0.25, 0.3) is 0 Å². The van der Waals surface area contributed by atoms with Gasteiger partial charge in [-0.3, -0.25) is 19.3 Å². The molecule has 0 radical (unpaired) electrons. The number of thiocarbonyl (C=S) groups is 1. The maximum Gasteiger partial charge on any atom is 0.288 e. The lowest BCUT2D eigenvalue weighted by Gasteiger charge is -2.14. The molecule has 0 atom stereocenters. The van der Waals surface area contributed by atoms with Crippen molar-refractivity contribution in [2.45, 2.75) is 20.3 Å². The van der Waals surface area contributed by atoms with Gasteiger partial charge in [0.2, 0.25) is 11.8 Å². The minimum Gasteiger partial charge on any atom is -0.332 e. The summed E-state index contributed by atoms with van der Waals surface area (Å²) in [4.78, 5) is 35.8. The number of benzene rings is 1. The predicted octanol–water partition coefficient (Wildman–Crippen LogP) is 2.20.